The number of rotatable bonds is 8. The van der Waals surface area contributed by atoms with Crippen LogP contribution in [0, 0.1) is 34.5 Å². The van der Waals surface area contributed by atoms with Gasteiger partial charge in [-0.15, -0.1) is 5.73 Å². The van der Waals surface area contributed by atoms with Gasteiger partial charge in [-0.3, -0.25) is 0 Å². The molecule has 6 atom stereocenters. The summed E-state index contributed by atoms with van der Waals surface area (Å²) in [7, 11) is 0. The lowest BCUT2D eigenvalue weighted by molar-refractivity contribution is -0.00700. The Hall–Kier alpha value is -1.34. The second-order valence-electron chi connectivity index (χ2n) is 13.5. The van der Waals surface area contributed by atoms with Crippen LogP contribution in [0.25, 0.3) is 0 Å². The maximum absolute atomic E-state index is 10.4. The van der Waals surface area contributed by atoms with E-state index in [9.17, 15) is 10.2 Å². The van der Waals surface area contributed by atoms with E-state index in [1.807, 2.05) is 13.8 Å². The molecule has 0 aromatic rings. The van der Waals surface area contributed by atoms with Gasteiger partial charge in [-0.1, -0.05) is 56.7 Å². The van der Waals surface area contributed by atoms with Crippen LogP contribution in [0.1, 0.15) is 105 Å². The molecule has 0 aliphatic heterocycles. The molecule has 2 N–H and O–H groups in total. The van der Waals surface area contributed by atoms with E-state index in [-0.39, 0.29) is 11.5 Å². The highest BCUT2D eigenvalue weighted by Crippen LogP contribution is 2.69. The molecule has 0 heterocycles. The van der Waals surface area contributed by atoms with E-state index < -0.39 is 5.60 Å². The molecular weight excluding hydrogens is 428 g/mol. The van der Waals surface area contributed by atoms with E-state index >= 15 is 0 Å². The molecule has 2 unspecified atom stereocenters. The molecule has 0 radical (unpaired) electrons. The van der Waals surface area contributed by atoms with Crippen molar-refractivity contribution in [2.45, 2.75) is 116 Å². The van der Waals surface area contributed by atoms with Gasteiger partial charge in [0.05, 0.1) is 11.7 Å². The molecule has 35 heavy (non-hydrogen) atoms. The zero-order valence-corrected chi connectivity index (χ0v) is 22.9. The van der Waals surface area contributed by atoms with Gasteiger partial charge in [-0.25, -0.2) is 0 Å². The first-order valence-corrected chi connectivity index (χ1v) is 14.3. The molecular formula is C33H50O2. The van der Waals surface area contributed by atoms with E-state index in [0.29, 0.717) is 23.2 Å². The van der Waals surface area contributed by atoms with Crippen LogP contribution in [0.2, 0.25) is 0 Å². The monoisotopic (exact) mass is 478 g/mol. The van der Waals surface area contributed by atoms with Crippen LogP contribution in [-0.4, -0.2) is 21.9 Å². The lowest BCUT2D eigenvalue weighted by Gasteiger charge is -2.51. The molecule has 2 nitrogen and oxygen atoms in total. The van der Waals surface area contributed by atoms with Gasteiger partial charge in [0.1, 0.15) is 0 Å². The van der Waals surface area contributed by atoms with Crippen LogP contribution in [0.3, 0.4) is 0 Å². The van der Waals surface area contributed by atoms with E-state index in [4.69, 9.17) is 0 Å². The van der Waals surface area contributed by atoms with Gasteiger partial charge in [0, 0.05) is 0 Å². The van der Waals surface area contributed by atoms with Gasteiger partial charge in [0.25, 0.3) is 0 Å². The molecule has 4 saturated carbocycles. The number of hydrogen-bond donors (Lipinski definition) is 2. The predicted molar refractivity (Wildman–Crippen MR) is 147 cm³/mol. The largest absolute Gasteiger partial charge is 0.393 e. The Morgan fingerprint density at radius 1 is 1.11 bits per heavy atom. The van der Waals surface area contributed by atoms with Crippen LogP contribution in [0.15, 0.2) is 53.8 Å². The Kier molecular flexibility index (Phi) is 7.78. The lowest BCUT2D eigenvalue weighted by Crippen LogP contribution is -2.44. The van der Waals surface area contributed by atoms with Gasteiger partial charge in [-0.05, 0) is 131 Å². The quantitative estimate of drug-likeness (QED) is 0.346. The maximum Gasteiger partial charge on any atom is 0.0591 e. The van der Waals surface area contributed by atoms with Crippen LogP contribution in [-0.2, 0) is 0 Å². The zero-order valence-electron chi connectivity index (χ0n) is 22.9. The molecule has 0 aromatic heterocycles. The highest BCUT2D eigenvalue weighted by atomic mass is 16.3. The summed E-state index contributed by atoms with van der Waals surface area (Å²) in [4.78, 5) is 0. The Morgan fingerprint density at radius 2 is 1.86 bits per heavy atom. The second-order valence-corrected chi connectivity index (χ2v) is 13.5. The minimum atomic E-state index is -0.585. The van der Waals surface area contributed by atoms with Crippen molar-refractivity contribution in [2.24, 2.45) is 34.5 Å². The van der Waals surface area contributed by atoms with Crippen LogP contribution < -0.4 is 0 Å². The topological polar surface area (TPSA) is 40.5 Å². The molecule has 4 aliphatic rings. The Balaban J connectivity index is 1.65. The van der Waals surface area contributed by atoms with Gasteiger partial charge < -0.3 is 10.2 Å². The SMILES string of the molecule is C=C=CC1CC2/C(=C/C=C3/C[C@@H](O)CCC3=C)CCC[C@]2(C)[C@H]1[C@](C)(CCCC(C)(C)O)C1CC1. The van der Waals surface area contributed by atoms with Crippen molar-refractivity contribution in [3.8, 4) is 0 Å². The summed E-state index contributed by atoms with van der Waals surface area (Å²) in [6.07, 6.45) is 20.2. The minimum Gasteiger partial charge on any atom is -0.393 e. The molecule has 0 bridgehead atoms. The zero-order chi connectivity index (χ0) is 25.4. The predicted octanol–water partition coefficient (Wildman–Crippen LogP) is 8.08. The van der Waals surface area contributed by atoms with E-state index in [0.717, 1.165) is 38.0 Å². The summed E-state index contributed by atoms with van der Waals surface area (Å²) >= 11 is 0. The molecule has 4 rings (SSSR count). The fourth-order valence-corrected chi connectivity index (χ4v) is 8.55. The third-order valence-corrected chi connectivity index (χ3v) is 10.3. The average molecular weight is 479 g/mol. The number of aliphatic hydroxyl groups is 2. The molecule has 0 aromatic carbocycles. The fourth-order valence-electron chi connectivity index (χ4n) is 8.55. The fraction of sp³-hybridized carbons (Fsp3) is 0.727. The van der Waals surface area contributed by atoms with Crippen molar-refractivity contribution in [3.63, 3.8) is 0 Å². The lowest BCUT2D eigenvalue weighted by atomic mass is 9.53. The third kappa shape index (κ3) is 5.66. The molecule has 194 valence electrons. The van der Waals surface area contributed by atoms with E-state index in [1.54, 1.807) is 5.57 Å². The van der Waals surface area contributed by atoms with Gasteiger partial charge in [-0.2, -0.15) is 0 Å². The van der Waals surface area contributed by atoms with Crippen LogP contribution in [0.5, 0.6) is 0 Å². The average Bonchev–Trinajstić information content (AvgIpc) is 3.57. The molecule has 2 heteroatoms. The van der Waals surface area contributed by atoms with E-state index in [1.165, 1.54) is 56.1 Å². The normalized spacial score (nSPS) is 37.7. The maximum atomic E-state index is 10.4. The number of allylic oxidation sites excluding steroid dienone is 5. The smallest absolute Gasteiger partial charge is 0.0591 e. The summed E-state index contributed by atoms with van der Waals surface area (Å²) in [5, 5.41) is 20.6. The summed E-state index contributed by atoms with van der Waals surface area (Å²) in [5.74, 6) is 2.57. The van der Waals surface area contributed by atoms with Crippen molar-refractivity contribution in [3.05, 3.63) is 53.8 Å². The molecule has 0 saturated heterocycles. The summed E-state index contributed by atoms with van der Waals surface area (Å²) in [6.45, 7) is 17.4. The standard InChI is InChI=1S/C33H50O2/c1-7-10-26-22-29-24(13-14-25-21-28(34)17-12-23(25)2)11-8-19-33(29,6)30(26)32(5,27-15-16-27)20-9-18-31(3,4)35/h10,13-14,26-30,34-35H,1-2,8-9,11-12,15-22H2,3-6H3/b24-13+,25-14-/t26?,28-,29?,30+,32+,33-/m0/s1. The van der Waals surface area contributed by atoms with E-state index in [2.05, 4.69) is 51.0 Å². The first kappa shape index (κ1) is 26.7. The van der Waals surface area contributed by atoms with Crippen molar-refractivity contribution in [1.29, 1.82) is 0 Å². The molecule has 4 fully saturated rings. The third-order valence-electron chi connectivity index (χ3n) is 10.3. The molecule has 4 aliphatic carbocycles. The molecule has 0 spiro atoms. The number of fused-ring (bicyclic) bond motifs is 1. The van der Waals surface area contributed by atoms with Gasteiger partial charge in [0.15, 0.2) is 0 Å². The Labute approximate surface area is 215 Å². The van der Waals surface area contributed by atoms with Crippen LogP contribution >= 0.6 is 0 Å². The number of hydrogen-bond acceptors (Lipinski definition) is 2. The second kappa shape index (κ2) is 10.2. The molecule has 0 amide bonds. The first-order valence-electron chi connectivity index (χ1n) is 14.3. The Morgan fingerprint density at radius 3 is 2.51 bits per heavy atom. The van der Waals surface area contributed by atoms with Crippen LogP contribution in [0.4, 0.5) is 0 Å². The van der Waals surface area contributed by atoms with Crippen molar-refractivity contribution < 1.29 is 10.2 Å². The first-order chi connectivity index (χ1) is 16.5. The van der Waals surface area contributed by atoms with Gasteiger partial charge in [0.2, 0.25) is 0 Å². The summed E-state index contributed by atoms with van der Waals surface area (Å²) in [5.41, 5.74) is 7.26. The number of aliphatic hydroxyl groups excluding tert-OH is 1. The van der Waals surface area contributed by atoms with Crippen molar-refractivity contribution in [2.75, 3.05) is 0 Å². The summed E-state index contributed by atoms with van der Waals surface area (Å²) in [6, 6.07) is 0. The summed E-state index contributed by atoms with van der Waals surface area (Å²) < 4.78 is 0. The van der Waals surface area contributed by atoms with Crippen molar-refractivity contribution in [1.82, 2.24) is 0 Å². The highest BCUT2D eigenvalue weighted by molar-refractivity contribution is 5.36. The Bertz CT molecular complexity index is 906. The highest BCUT2D eigenvalue weighted by Gasteiger charge is 2.61. The van der Waals surface area contributed by atoms with Gasteiger partial charge >= 0.3 is 0 Å². The van der Waals surface area contributed by atoms with Crippen molar-refractivity contribution >= 4 is 0 Å². The minimum absolute atomic E-state index is 0.220.